The molecule has 10 nitrogen and oxygen atoms in total. The van der Waals surface area contributed by atoms with Crippen LogP contribution in [-0.4, -0.2) is 42.4 Å². The van der Waals surface area contributed by atoms with Gasteiger partial charge in [-0.2, -0.15) is 0 Å². The Morgan fingerprint density at radius 2 is 0.957 bits per heavy atom. The number of hydrogen-bond acceptors (Lipinski definition) is 9. The zero-order valence-corrected chi connectivity index (χ0v) is 29.8. The fraction of sp³-hybridized carbons (Fsp3) is 0.182. The van der Waals surface area contributed by atoms with Gasteiger partial charge in [0, 0.05) is 5.56 Å². The first-order valence-electron chi connectivity index (χ1n) is 12.0. The van der Waals surface area contributed by atoms with E-state index in [9.17, 15) is 15.0 Å². The van der Waals surface area contributed by atoms with Crippen molar-refractivity contribution in [3.63, 3.8) is 0 Å². The van der Waals surface area contributed by atoms with Crippen LogP contribution in [0.4, 0.5) is 0 Å². The largest absolute Gasteiger partial charge is 1.00 e. The number of carbonyl (C=O) groups excluding carboxylic acids is 1. The molecule has 0 bridgehead atoms. The summed E-state index contributed by atoms with van der Waals surface area (Å²) in [5.74, 6) is -1.63. The minimum Gasteiger partial charge on any atom is -0.873 e. The predicted molar refractivity (Wildman–Crippen MR) is 173 cm³/mol. The van der Waals surface area contributed by atoms with Crippen molar-refractivity contribution in [2.75, 3.05) is 0 Å². The van der Waals surface area contributed by atoms with Crippen LogP contribution in [0, 0.1) is 0 Å². The third-order valence-corrected chi connectivity index (χ3v) is 5.24. The average molecular weight is 681 g/mol. The Morgan fingerprint density at radius 3 is 1.33 bits per heavy atom. The second kappa shape index (κ2) is 29.3. The van der Waals surface area contributed by atoms with E-state index in [1.807, 2.05) is 13.8 Å². The number of aromatic hydroxyl groups is 6. The second-order valence-corrected chi connectivity index (χ2v) is 8.13. The van der Waals surface area contributed by atoms with Crippen molar-refractivity contribution in [2.45, 2.75) is 41.5 Å². The molecule has 0 amide bonds. The molecule has 0 saturated heterocycles. The van der Waals surface area contributed by atoms with Gasteiger partial charge < -0.3 is 46.3 Å². The molecule has 0 aliphatic heterocycles. The fourth-order valence-corrected chi connectivity index (χ4v) is 2.84. The number of phenols is 6. The Morgan fingerprint density at radius 1 is 0.587 bits per heavy atom. The molecule has 0 spiro atoms. The molecule has 244 valence electrons. The second-order valence-electron chi connectivity index (χ2n) is 8.13. The normalized spacial score (nSPS) is 8.22. The molecule has 4 aromatic rings. The van der Waals surface area contributed by atoms with E-state index < -0.39 is 11.5 Å². The average Bonchev–Trinajstić information content (AvgIpc) is 2.95. The molecule has 0 aromatic heterocycles. The summed E-state index contributed by atoms with van der Waals surface area (Å²) in [5.41, 5.74) is 3.07. The Kier molecular flexibility index (Phi) is 35.3. The van der Waals surface area contributed by atoms with E-state index in [1.165, 1.54) is 48.5 Å². The van der Waals surface area contributed by atoms with Gasteiger partial charge in [-0.05, 0) is 72.0 Å². The van der Waals surface area contributed by atoms with Gasteiger partial charge in [-0.25, -0.2) is 0 Å². The first-order valence-corrected chi connectivity index (χ1v) is 12.0. The van der Waals surface area contributed by atoms with Crippen LogP contribution in [0.15, 0.2) is 79.4 Å². The van der Waals surface area contributed by atoms with Crippen molar-refractivity contribution in [1.82, 2.24) is 0 Å². The minimum atomic E-state index is -0.419. The van der Waals surface area contributed by atoms with Crippen molar-refractivity contribution in [2.24, 2.45) is 0 Å². The van der Waals surface area contributed by atoms with E-state index >= 15 is 0 Å². The molecule has 13 heteroatoms. The maximum Gasteiger partial charge on any atom is 1.00 e. The molecule has 4 rings (SSSR count). The quantitative estimate of drug-likeness (QED) is 0.0937. The number of aryl methyl sites for hydroxylation is 2. The van der Waals surface area contributed by atoms with Crippen LogP contribution in [0.1, 0.15) is 55.7 Å². The Labute approximate surface area is 321 Å². The summed E-state index contributed by atoms with van der Waals surface area (Å²) in [5, 5.41) is 74.5. The van der Waals surface area contributed by atoms with Crippen LogP contribution in [0.5, 0.6) is 46.0 Å². The van der Waals surface area contributed by atoms with Crippen molar-refractivity contribution >= 4 is 24.8 Å². The van der Waals surface area contributed by atoms with Gasteiger partial charge in [-0.1, -0.05) is 71.7 Å². The van der Waals surface area contributed by atoms with Gasteiger partial charge in [0.25, 0.3) is 0 Å². The Bertz CT molecular complexity index is 1310. The summed E-state index contributed by atoms with van der Waals surface area (Å²) in [7, 11) is 0. The minimum absolute atomic E-state index is 0. The van der Waals surface area contributed by atoms with Gasteiger partial charge in [0.2, 0.25) is 0 Å². The molecule has 0 atom stereocenters. The van der Waals surface area contributed by atoms with Gasteiger partial charge >= 0.3 is 59.1 Å². The molecule has 0 fully saturated rings. The molecule has 4 aromatic carbocycles. The number of halogens is 1. The van der Waals surface area contributed by atoms with Crippen molar-refractivity contribution in [3.05, 3.63) is 102 Å². The number of benzene rings is 4. The van der Waals surface area contributed by atoms with E-state index in [4.69, 9.17) is 30.6 Å². The summed E-state index contributed by atoms with van der Waals surface area (Å²) in [6.07, 6.45) is 3.86. The number of phenolic OH excluding ortho intramolecular Hbond substituents is 6. The van der Waals surface area contributed by atoms with E-state index in [0.717, 1.165) is 29.5 Å². The fourth-order valence-electron chi connectivity index (χ4n) is 2.84. The molecular formula is C33H43ClNa2O10. The van der Waals surface area contributed by atoms with Gasteiger partial charge in [0.15, 0.2) is 34.5 Å². The van der Waals surface area contributed by atoms with E-state index in [0.29, 0.717) is 11.8 Å². The maximum atomic E-state index is 10.7. The topological polar surface area (TPSA) is 216 Å². The summed E-state index contributed by atoms with van der Waals surface area (Å²) >= 11 is 0. The third-order valence-electron chi connectivity index (χ3n) is 5.24. The predicted octanol–water partition coefficient (Wildman–Crippen LogP) is -0.415. The Hall–Kier alpha value is -3.06. The molecule has 0 heterocycles. The van der Waals surface area contributed by atoms with E-state index in [2.05, 4.69) is 6.58 Å². The summed E-state index contributed by atoms with van der Waals surface area (Å²) < 4.78 is 0. The SMILES string of the molecule is C.C.C=Cc1ccc(O)c(O)c1.CCc1ccc(O)c(O)c1.CCc1ccc([O-])c([O-])c1.Cl.O.O=Cc1ccc(O)c(O)c1.[Na+].[Na+]. The van der Waals surface area contributed by atoms with E-state index in [-0.39, 0.29) is 126 Å². The monoisotopic (exact) mass is 680 g/mol. The smallest absolute Gasteiger partial charge is 0.873 e. The molecule has 0 saturated carbocycles. The van der Waals surface area contributed by atoms with Crippen molar-refractivity contribution in [1.29, 1.82) is 0 Å². The van der Waals surface area contributed by atoms with E-state index in [1.54, 1.807) is 30.3 Å². The zero-order chi connectivity index (χ0) is 30.2. The van der Waals surface area contributed by atoms with Gasteiger partial charge in [0.1, 0.15) is 6.29 Å². The van der Waals surface area contributed by atoms with Crippen LogP contribution in [-0.2, 0) is 12.8 Å². The van der Waals surface area contributed by atoms with Crippen LogP contribution < -0.4 is 69.3 Å². The summed E-state index contributed by atoms with van der Waals surface area (Å²) in [4.78, 5) is 10.1. The first kappa shape index (κ1) is 55.4. The molecule has 0 aliphatic rings. The maximum absolute atomic E-state index is 10.7. The third kappa shape index (κ3) is 20.1. The number of aldehydes is 1. The van der Waals surface area contributed by atoms with Crippen LogP contribution in [0.25, 0.3) is 6.08 Å². The van der Waals surface area contributed by atoms with Crippen molar-refractivity contribution in [3.8, 4) is 46.0 Å². The van der Waals surface area contributed by atoms with Gasteiger partial charge in [0.05, 0.1) is 0 Å². The van der Waals surface area contributed by atoms with Crippen molar-refractivity contribution < 1.29 is 110 Å². The van der Waals surface area contributed by atoms with Crippen LogP contribution in [0.3, 0.4) is 0 Å². The summed E-state index contributed by atoms with van der Waals surface area (Å²) in [6, 6.07) is 17.7. The van der Waals surface area contributed by atoms with Gasteiger partial charge in [-0.3, -0.25) is 4.79 Å². The molecule has 0 aliphatic carbocycles. The number of hydrogen-bond donors (Lipinski definition) is 6. The van der Waals surface area contributed by atoms with Gasteiger partial charge in [-0.15, -0.1) is 23.9 Å². The number of rotatable bonds is 4. The molecule has 46 heavy (non-hydrogen) atoms. The standard InChI is InChI=1S/2C8H10O2.C8H8O2.C7H6O3.2CH4.ClH.2Na.H2O/c3*1-2-6-3-4-7(9)8(10)5-6;8-4-5-1-2-6(9)7(10)3-5;;;;;;/h2*3-5,9-10H,2H2,1H3;2-5,9-10H,1H2;1-4,9-10H;2*1H4;1H;;;1H2/q;;;;;;;2*+1;/p-2. The Balaban J connectivity index is -0.000000111. The van der Waals surface area contributed by atoms with Crippen LogP contribution in [0.2, 0.25) is 0 Å². The number of carbonyl (C=O) groups is 1. The molecule has 0 radical (unpaired) electrons. The molecule has 0 unspecified atom stereocenters. The van der Waals surface area contributed by atoms with Crippen LogP contribution >= 0.6 is 12.4 Å². The zero-order valence-electron chi connectivity index (χ0n) is 25.0. The molecule has 8 N–H and O–H groups in total. The summed E-state index contributed by atoms with van der Waals surface area (Å²) in [6.45, 7) is 7.44. The first-order chi connectivity index (χ1) is 18.9. The molecular weight excluding hydrogens is 638 g/mol.